The molecule has 0 aliphatic rings. The van der Waals surface area contributed by atoms with Crippen LogP contribution in [-0.2, 0) is 19.7 Å². The minimum absolute atomic E-state index is 0.490. The third kappa shape index (κ3) is 2.71. The van der Waals surface area contributed by atoms with E-state index in [1.807, 2.05) is 24.7 Å². The second-order valence-corrected chi connectivity index (χ2v) is 4.27. The molecule has 4 heteroatoms. The monoisotopic (exact) mass is 245 g/mol. The Morgan fingerprint density at radius 3 is 2.94 bits per heavy atom. The number of nitrogens with zero attached hydrogens (tertiary/aromatic N) is 2. The SMILES string of the molecule is CCn1cncc1COc1ccc(C)cc1CN. The molecule has 96 valence electrons. The van der Waals surface area contributed by atoms with E-state index in [2.05, 4.69) is 29.5 Å². The predicted molar refractivity (Wildman–Crippen MR) is 71.3 cm³/mol. The molecule has 0 spiro atoms. The number of hydrogen-bond donors (Lipinski definition) is 1. The molecule has 1 heterocycles. The second-order valence-electron chi connectivity index (χ2n) is 4.27. The quantitative estimate of drug-likeness (QED) is 0.879. The summed E-state index contributed by atoms with van der Waals surface area (Å²) in [5, 5.41) is 0. The number of benzene rings is 1. The van der Waals surface area contributed by atoms with E-state index in [1.165, 1.54) is 5.56 Å². The predicted octanol–water partition coefficient (Wildman–Crippen LogP) is 2.25. The lowest BCUT2D eigenvalue weighted by Crippen LogP contribution is -2.06. The number of aromatic nitrogens is 2. The minimum Gasteiger partial charge on any atom is -0.487 e. The summed E-state index contributed by atoms with van der Waals surface area (Å²) < 4.78 is 7.89. The molecular weight excluding hydrogens is 226 g/mol. The maximum atomic E-state index is 5.83. The summed E-state index contributed by atoms with van der Waals surface area (Å²) in [6.45, 7) is 6.04. The highest BCUT2D eigenvalue weighted by Crippen LogP contribution is 2.20. The molecule has 0 atom stereocenters. The van der Waals surface area contributed by atoms with E-state index >= 15 is 0 Å². The molecule has 0 amide bonds. The van der Waals surface area contributed by atoms with Gasteiger partial charge in [-0.05, 0) is 19.9 Å². The highest BCUT2D eigenvalue weighted by Gasteiger charge is 2.05. The van der Waals surface area contributed by atoms with Crippen molar-refractivity contribution >= 4 is 0 Å². The first-order valence-corrected chi connectivity index (χ1v) is 6.16. The Bertz CT molecular complexity index is 520. The van der Waals surface area contributed by atoms with Gasteiger partial charge < -0.3 is 15.0 Å². The van der Waals surface area contributed by atoms with E-state index in [1.54, 1.807) is 0 Å². The van der Waals surface area contributed by atoms with E-state index in [-0.39, 0.29) is 0 Å². The molecule has 4 nitrogen and oxygen atoms in total. The third-order valence-electron chi connectivity index (χ3n) is 2.95. The van der Waals surface area contributed by atoms with Crippen molar-refractivity contribution in [3.8, 4) is 5.75 Å². The lowest BCUT2D eigenvalue weighted by atomic mass is 10.1. The maximum absolute atomic E-state index is 5.83. The van der Waals surface area contributed by atoms with Crippen LogP contribution in [0, 0.1) is 6.92 Å². The number of rotatable bonds is 5. The van der Waals surface area contributed by atoms with Crippen molar-refractivity contribution < 1.29 is 4.74 Å². The van der Waals surface area contributed by atoms with Gasteiger partial charge in [-0.3, -0.25) is 0 Å². The van der Waals surface area contributed by atoms with E-state index in [4.69, 9.17) is 10.5 Å². The van der Waals surface area contributed by atoms with Crippen LogP contribution >= 0.6 is 0 Å². The number of aryl methyl sites for hydroxylation is 2. The summed E-state index contributed by atoms with van der Waals surface area (Å²) in [6.07, 6.45) is 3.65. The standard InChI is InChI=1S/C14H19N3O/c1-3-17-10-16-8-13(17)9-18-14-5-4-11(2)6-12(14)7-15/h4-6,8,10H,3,7,9,15H2,1-2H3. The molecule has 0 bridgehead atoms. The number of ether oxygens (including phenoxy) is 1. The Morgan fingerprint density at radius 2 is 2.22 bits per heavy atom. The van der Waals surface area contributed by atoms with Crippen LogP contribution < -0.4 is 10.5 Å². The molecule has 0 saturated heterocycles. The van der Waals surface area contributed by atoms with Gasteiger partial charge in [0, 0.05) is 18.7 Å². The van der Waals surface area contributed by atoms with Gasteiger partial charge in [0.15, 0.2) is 0 Å². The topological polar surface area (TPSA) is 53.1 Å². The number of hydrogen-bond acceptors (Lipinski definition) is 3. The molecule has 18 heavy (non-hydrogen) atoms. The van der Waals surface area contributed by atoms with E-state index in [0.29, 0.717) is 13.2 Å². The minimum atomic E-state index is 0.490. The van der Waals surface area contributed by atoms with Gasteiger partial charge in [0.25, 0.3) is 0 Å². The first kappa shape index (κ1) is 12.6. The summed E-state index contributed by atoms with van der Waals surface area (Å²) in [6, 6.07) is 6.07. The van der Waals surface area contributed by atoms with Crippen LogP contribution in [-0.4, -0.2) is 9.55 Å². The average Bonchev–Trinajstić information content (AvgIpc) is 2.84. The molecule has 0 saturated carbocycles. The molecule has 1 aromatic carbocycles. The van der Waals surface area contributed by atoms with Crippen LogP contribution in [0.25, 0.3) is 0 Å². The van der Waals surface area contributed by atoms with Crippen LogP contribution in [0.2, 0.25) is 0 Å². The third-order valence-corrected chi connectivity index (χ3v) is 2.95. The fourth-order valence-electron chi connectivity index (χ4n) is 1.91. The lowest BCUT2D eigenvalue weighted by molar-refractivity contribution is 0.292. The van der Waals surface area contributed by atoms with Crippen molar-refractivity contribution in [2.45, 2.75) is 33.5 Å². The molecule has 0 aliphatic carbocycles. The maximum Gasteiger partial charge on any atom is 0.130 e. The molecule has 2 N–H and O–H groups in total. The van der Waals surface area contributed by atoms with Gasteiger partial charge in [0.1, 0.15) is 12.4 Å². The normalized spacial score (nSPS) is 10.6. The fraction of sp³-hybridized carbons (Fsp3) is 0.357. The zero-order valence-electron chi connectivity index (χ0n) is 10.9. The molecule has 0 radical (unpaired) electrons. The highest BCUT2D eigenvalue weighted by molar-refractivity contribution is 5.36. The van der Waals surface area contributed by atoms with E-state index < -0.39 is 0 Å². The van der Waals surface area contributed by atoms with Gasteiger partial charge in [0.05, 0.1) is 18.2 Å². The fourth-order valence-corrected chi connectivity index (χ4v) is 1.91. The second kappa shape index (κ2) is 5.69. The number of nitrogens with two attached hydrogens (primary N) is 1. The van der Waals surface area contributed by atoms with Gasteiger partial charge in [-0.1, -0.05) is 17.7 Å². The molecule has 2 rings (SSSR count). The van der Waals surface area contributed by atoms with Crippen molar-refractivity contribution in [2.75, 3.05) is 0 Å². The van der Waals surface area contributed by atoms with Crippen molar-refractivity contribution in [3.05, 3.63) is 47.5 Å². The molecule has 0 aliphatic heterocycles. The zero-order valence-corrected chi connectivity index (χ0v) is 10.9. The van der Waals surface area contributed by atoms with Crippen molar-refractivity contribution in [2.24, 2.45) is 5.73 Å². The first-order valence-electron chi connectivity index (χ1n) is 6.16. The molecular formula is C14H19N3O. The summed E-state index contributed by atoms with van der Waals surface area (Å²) in [4.78, 5) is 4.12. The Morgan fingerprint density at radius 1 is 1.39 bits per heavy atom. The van der Waals surface area contributed by atoms with Crippen LogP contribution in [0.5, 0.6) is 5.75 Å². The largest absolute Gasteiger partial charge is 0.487 e. The first-order chi connectivity index (χ1) is 8.74. The smallest absolute Gasteiger partial charge is 0.130 e. The summed E-state index contributed by atoms with van der Waals surface area (Å²) in [7, 11) is 0. The zero-order chi connectivity index (χ0) is 13.0. The Labute approximate surface area is 107 Å². The van der Waals surface area contributed by atoms with Gasteiger partial charge >= 0.3 is 0 Å². The van der Waals surface area contributed by atoms with Crippen LogP contribution in [0.1, 0.15) is 23.7 Å². The molecule has 0 unspecified atom stereocenters. The molecule has 0 fully saturated rings. The van der Waals surface area contributed by atoms with Crippen molar-refractivity contribution in [1.82, 2.24) is 9.55 Å². The highest BCUT2D eigenvalue weighted by atomic mass is 16.5. The van der Waals surface area contributed by atoms with Crippen molar-refractivity contribution in [1.29, 1.82) is 0 Å². The summed E-state index contributed by atoms with van der Waals surface area (Å²) >= 11 is 0. The van der Waals surface area contributed by atoms with Gasteiger partial charge in [-0.2, -0.15) is 0 Å². The Kier molecular flexibility index (Phi) is 3.99. The summed E-state index contributed by atoms with van der Waals surface area (Å²) in [5.74, 6) is 0.854. The van der Waals surface area contributed by atoms with Crippen LogP contribution in [0.15, 0.2) is 30.7 Å². The average molecular weight is 245 g/mol. The molecule has 1 aromatic heterocycles. The van der Waals surface area contributed by atoms with E-state index in [0.717, 1.165) is 23.6 Å². The van der Waals surface area contributed by atoms with Crippen LogP contribution in [0.3, 0.4) is 0 Å². The lowest BCUT2D eigenvalue weighted by Gasteiger charge is -2.12. The van der Waals surface area contributed by atoms with Crippen LogP contribution in [0.4, 0.5) is 0 Å². The van der Waals surface area contributed by atoms with Gasteiger partial charge in [0.2, 0.25) is 0 Å². The Hall–Kier alpha value is -1.81. The molecule has 2 aromatic rings. The number of imidazole rings is 1. The Balaban J connectivity index is 2.10. The van der Waals surface area contributed by atoms with E-state index in [9.17, 15) is 0 Å². The van der Waals surface area contributed by atoms with Crippen molar-refractivity contribution in [3.63, 3.8) is 0 Å². The van der Waals surface area contributed by atoms with Gasteiger partial charge in [-0.25, -0.2) is 4.98 Å². The summed E-state index contributed by atoms with van der Waals surface area (Å²) in [5.41, 5.74) is 9.03. The van der Waals surface area contributed by atoms with Gasteiger partial charge in [-0.15, -0.1) is 0 Å².